The molecule has 0 aliphatic rings. The van der Waals surface area contributed by atoms with Crippen molar-refractivity contribution in [2.24, 2.45) is 0 Å². The Kier molecular flexibility index (Phi) is 5.68. The van der Waals surface area contributed by atoms with Crippen molar-refractivity contribution in [1.82, 2.24) is 9.97 Å². The van der Waals surface area contributed by atoms with Crippen molar-refractivity contribution in [2.45, 2.75) is 24.7 Å². The summed E-state index contributed by atoms with van der Waals surface area (Å²) in [6, 6.07) is 10.8. The third-order valence-corrected chi connectivity index (χ3v) is 6.12. The Morgan fingerprint density at radius 2 is 1.73 bits per heavy atom. The summed E-state index contributed by atoms with van der Waals surface area (Å²) in [7, 11) is -3.21. The predicted molar refractivity (Wildman–Crippen MR) is 107 cm³/mol. The maximum absolute atomic E-state index is 11.7. The lowest BCUT2D eigenvalue weighted by Gasteiger charge is -2.04. The molecule has 26 heavy (non-hydrogen) atoms. The Labute approximate surface area is 158 Å². The highest BCUT2D eigenvalue weighted by Gasteiger charge is 2.16. The second-order valence-corrected chi connectivity index (χ2v) is 9.02. The fourth-order valence-corrected chi connectivity index (χ4v) is 4.17. The van der Waals surface area contributed by atoms with E-state index in [1.807, 2.05) is 24.3 Å². The quantitative estimate of drug-likeness (QED) is 0.605. The van der Waals surface area contributed by atoms with Crippen LogP contribution in [0, 0.1) is 0 Å². The molecule has 0 atom stereocenters. The lowest BCUT2D eigenvalue weighted by molar-refractivity contribution is 0.602. The number of hydrogen-bond acceptors (Lipinski definition) is 6. The fraction of sp³-hybridized carbons (Fsp3) is 0.263. The average Bonchev–Trinajstić information content (AvgIpc) is 3.06. The van der Waals surface area contributed by atoms with Gasteiger partial charge < -0.3 is 5.32 Å². The summed E-state index contributed by atoms with van der Waals surface area (Å²) in [5.74, 6) is 0. The summed E-state index contributed by atoms with van der Waals surface area (Å²) in [6.45, 7) is 3.03. The number of pyridine rings is 1. The smallest absolute Gasteiger partial charge is 0.183 e. The van der Waals surface area contributed by atoms with Crippen LogP contribution < -0.4 is 5.32 Å². The molecule has 0 bridgehead atoms. The monoisotopic (exact) mass is 387 g/mol. The van der Waals surface area contributed by atoms with Crippen LogP contribution in [0.15, 0.2) is 53.7 Å². The first-order valence-electron chi connectivity index (χ1n) is 8.44. The van der Waals surface area contributed by atoms with Gasteiger partial charge in [-0.2, -0.15) is 0 Å². The van der Waals surface area contributed by atoms with Gasteiger partial charge in [0, 0.05) is 30.8 Å². The van der Waals surface area contributed by atoms with Gasteiger partial charge in [0.05, 0.1) is 15.5 Å². The van der Waals surface area contributed by atoms with Gasteiger partial charge in [-0.15, -0.1) is 0 Å². The minimum Gasteiger partial charge on any atom is -0.361 e. The van der Waals surface area contributed by atoms with Gasteiger partial charge in [-0.05, 0) is 36.2 Å². The van der Waals surface area contributed by atoms with Crippen molar-refractivity contribution in [2.75, 3.05) is 18.1 Å². The van der Waals surface area contributed by atoms with Gasteiger partial charge in [-0.3, -0.25) is 4.98 Å². The molecule has 0 saturated heterocycles. The van der Waals surface area contributed by atoms with E-state index in [9.17, 15) is 8.42 Å². The standard InChI is InChI=1S/C19H21N3O2S2/c1-3-4-11-21-19-22-17(14-9-12-20-13-10-14)18(25-19)15-5-7-16(8-6-15)26(2,23)24/h5-10,12-13H,3-4,11H2,1-2H3,(H,21,22). The Morgan fingerprint density at radius 1 is 1.04 bits per heavy atom. The summed E-state index contributed by atoms with van der Waals surface area (Å²) < 4.78 is 23.4. The predicted octanol–water partition coefficient (Wildman–Crippen LogP) is 4.49. The van der Waals surface area contributed by atoms with Crippen LogP contribution in [-0.4, -0.2) is 31.2 Å². The zero-order valence-corrected chi connectivity index (χ0v) is 16.4. The molecule has 0 amide bonds. The number of rotatable bonds is 7. The number of sulfone groups is 1. The van der Waals surface area contributed by atoms with Crippen LogP contribution in [0.1, 0.15) is 19.8 Å². The van der Waals surface area contributed by atoms with Crippen molar-refractivity contribution >= 4 is 26.3 Å². The van der Waals surface area contributed by atoms with Crippen LogP contribution in [0.2, 0.25) is 0 Å². The highest BCUT2D eigenvalue weighted by molar-refractivity contribution is 7.90. The molecule has 1 aromatic carbocycles. The molecular formula is C19H21N3O2S2. The summed E-state index contributed by atoms with van der Waals surface area (Å²) in [5.41, 5.74) is 2.82. The summed E-state index contributed by atoms with van der Waals surface area (Å²) in [6.07, 6.45) is 6.91. The third kappa shape index (κ3) is 4.28. The minimum atomic E-state index is -3.21. The average molecular weight is 388 g/mol. The number of nitrogens with zero attached hydrogens (tertiary/aromatic N) is 2. The number of thiazole rings is 1. The molecule has 0 saturated carbocycles. The fourth-order valence-electron chi connectivity index (χ4n) is 2.52. The van der Waals surface area contributed by atoms with E-state index in [4.69, 9.17) is 4.98 Å². The van der Waals surface area contributed by atoms with Crippen molar-refractivity contribution in [1.29, 1.82) is 0 Å². The third-order valence-electron chi connectivity index (χ3n) is 3.93. The first-order chi connectivity index (χ1) is 12.5. The van der Waals surface area contributed by atoms with Gasteiger partial charge in [0.1, 0.15) is 0 Å². The van der Waals surface area contributed by atoms with Gasteiger partial charge in [-0.25, -0.2) is 13.4 Å². The number of hydrogen-bond donors (Lipinski definition) is 1. The van der Waals surface area contributed by atoms with Crippen molar-refractivity contribution in [3.8, 4) is 21.7 Å². The van der Waals surface area contributed by atoms with Gasteiger partial charge in [-0.1, -0.05) is 36.8 Å². The normalized spacial score (nSPS) is 11.5. The summed E-state index contributed by atoms with van der Waals surface area (Å²) >= 11 is 1.58. The lowest BCUT2D eigenvalue weighted by Crippen LogP contribution is -1.99. The van der Waals surface area contributed by atoms with E-state index < -0.39 is 9.84 Å². The van der Waals surface area contributed by atoms with E-state index in [2.05, 4.69) is 17.2 Å². The van der Waals surface area contributed by atoms with E-state index in [0.717, 1.165) is 46.2 Å². The molecule has 0 unspecified atom stereocenters. The molecule has 2 heterocycles. The first-order valence-corrected chi connectivity index (χ1v) is 11.2. The molecule has 0 spiro atoms. The maximum atomic E-state index is 11.7. The van der Waals surface area contributed by atoms with Crippen LogP contribution in [-0.2, 0) is 9.84 Å². The van der Waals surface area contributed by atoms with Gasteiger partial charge in [0.2, 0.25) is 0 Å². The second kappa shape index (κ2) is 7.97. The Morgan fingerprint density at radius 3 is 2.35 bits per heavy atom. The van der Waals surface area contributed by atoms with E-state index in [1.54, 1.807) is 35.9 Å². The number of nitrogens with one attached hydrogen (secondary N) is 1. The minimum absolute atomic E-state index is 0.317. The van der Waals surface area contributed by atoms with Gasteiger partial charge in [0.15, 0.2) is 15.0 Å². The molecule has 0 radical (unpaired) electrons. The number of anilines is 1. The van der Waals surface area contributed by atoms with Crippen molar-refractivity contribution < 1.29 is 8.42 Å². The molecule has 1 N–H and O–H groups in total. The highest BCUT2D eigenvalue weighted by atomic mass is 32.2. The number of benzene rings is 1. The van der Waals surface area contributed by atoms with E-state index in [1.165, 1.54) is 6.26 Å². The molecule has 7 heteroatoms. The van der Waals surface area contributed by atoms with E-state index in [0.29, 0.717) is 4.90 Å². The molecule has 5 nitrogen and oxygen atoms in total. The van der Waals surface area contributed by atoms with Crippen LogP contribution in [0.5, 0.6) is 0 Å². The Hall–Kier alpha value is -2.25. The molecule has 136 valence electrons. The Balaban J connectivity index is 2.01. The van der Waals surface area contributed by atoms with E-state index >= 15 is 0 Å². The Bertz CT molecular complexity index is 966. The lowest BCUT2D eigenvalue weighted by atomic mass is 10.1. The molecule has 0 aliphatic heterocycles. The van der Waals surface area contributed by atoms with Crippen LogP contribution in [0.3, 0.4) is 0 Å². The van der Waals surface area contributed by atoms with Gasteiger partial charge in [0.25, 0.3) is 0 Å². The van der Waals surface area contributed by atoms with E-state index in [-0.39, 0.29) is 0 Å². The van der Waals surface area contributed by atoms with Crippen LogP contribution in [0.25, 0.3) is 21.7 Å². The molecule has 3 aromatic rings. The molecule has 0 aliphatic carbocycles. The van der Waals surface area contributed by atoms with Crippen LogP contribution in [0.4, 0.5) is 5.13 Å². The summed E-state index contributed by atoms with van der Waals surface area (Å²) in [5, 5.41) is 4.25. The SMILES string of the molecule is CCCCNc1nc(-c2ccncc2)c(-c2ccc(S(C)(=O)=O)cc2)s1. The summed E-state index contributed by atoms with van der Waals surface area (Å²) in [4.78, 5) is 10.2. The van der Waals surface area contributed by atoms with Crippen LogP contribution >= 0.6 is 11.3 Å². The zero-order chi connectivity index (χ0) is 18.6. The van der Waals surface area contributed by atoms with Crippen molar-refractivity contribution in [3.63, 3.8) is 0 Å². The van der Waals surface area contributed by atoms with Gasteiger partial charge >= 0.3 is 0 Å². The second-order valence-electron chi connectivity index (χ2n) is 6.01. The number of aromatic nitrogens is 2. The molecule has 3 rings (SSSR count). The highest BCUT2D eigenvalue weighted by Crippen LogP contribution is 2.39. The van der Waals surface area contributed by atoms with Crippen molar-refractivity contribution in [3.05, 3.63) is 48.8 Å². The largest absolute Gasteiger partial charge is 0.361 e. The molecular weight excluding hydrogens is 366 g/mol. The number of unbranched alkanes of at least 4 members (excludes halogenated alkanes) is 1. The molecule has 2 aromatic heterocycles. The topological polar surface area (TPSA) is 72.0 Å². The maximum Gasteiger partial charge on any atom is 0.183 e. The zero-order valence-electron chi connectivity index (χ0n) is 14.8. The molecule has 0 fully saturated rings. The first kappa shape index (κ1) is 18.5.